The van der Waals surface area contributed by atoms with Gasteiger partial charge in [-0.25, -0.2) is 14.0 Å². The summed E-state index contributed by atoms with van der Waals surface area (Å²) < 4.78 is 47.0. The predicted octanol–water partition coefficient (Wildman–Crippen LogP) is 1.41. The van der Waals surface area contributed by atoms with Gasteiger partial charge in [0.05, 0.1) is 5.56 Å². The summed E-state index contributed by atoms with van der Waals surface area (Å²) in [6, 6.07) is 2.06. The van der Waals surface area contributed by atoms with Crippen LogP contribution < -0.4 is 0 Å². The third-order valence-corrected chi connectivity index (χ3v) is 2.48. The SMILES string of the molecule is O=C(O)c1cccnc1[S@](=O)C(F)(F)F. The maximum atomic E-state index is 12.0. The quantitative estimate of drug-likeness (QED) is 0.847. The number of alkyl halides is 3. The van der Waals surface area contributed by atoms with E-state index in [1.807, 2.05) is 0 Å². The molecular weight excluding hydrogens is 235 g/mol. The Morgan fingerprint density at radius 2 is 2.07 bits per heavy atom. The Kier molecular flexibility index (Phi) is 3.08. The number of halogens is 3. The van der Waals surface area contributed by atoms with Crippen LogP contribution in [0.4, 0.5) is 13.2 Å². The van der Waals surface area contributed by atoms with E-state index in [2.05, 4.69) is 4.98 Å². The van der Waals surface area contributed by atoms with Crippen LogP contribution in [0.15, 0.2) is 23.4 Å². The number of hydrogen-bond donors (Lipinski definition) is 1. The number of carboxylic acid groups (broad SMARTS) is 1. The summed E-state index contributed by atoms with van der Waals surface area (Å²) in [6.07, 6.45) is 0.950. The maximum absolute atomic E-state index is 12.0. The summed E-state index contributed by atoms with van der Waals surface area (Å²) in [7, 11) is -3.42. The average molecular weight is 239 g/mol. The van der Waals surface area contributed by atoms with E-state index in [1.165, 1.54) is 0 Å². The predicted molar refractivity (Wildman–Crippen MR) is 43.7 cm³/mol. The van der Waals surface area contributed by atoms with Crippen molar-refractivity contribution in [1.82, 2.24) is 4.98 Å². The Hall–Kier alpha value is -1.44. The zero-order valence-corrected chi connectivity index (χ0v) is 7.80. The highest BCUT2D eigenvalue weighted by Gasteiger charge is 2.40. The monoisotopic (exact) mass is 239 g/mol. The fourth-order valence-electron chi connectivity index (χ4n) is 0.811. The number of hydrogen-bond acceptors (Lipinski definition) is 3. The molecule has 1 atom stereocenters. The standard InChI is InChI=1S/C7H4F3NO3S/c8-7(9,10)15(14)5-4(6(12)13)2-1-3-11-5/h1-3H,(H,12,13)/t15-/m0/s1. The zero-order valence-electron chi connectivity index (χ0n) is 6.99. The molecule has 1 N–H and O–H groups in total. The lowest BCUT2D eigenvalue weighted by molar-refractivity contribution is -0.0386. The van der Waals surface area contributed by atoms with Gasteiger partial charge in [-0.05, 0) is 12.1 Å². The van der Waals surface area contributed by atoms with E-state index in [1.54, 1.807) is 0 Å². The van der Waals surface area contributed by atoms with E-state index in [0.29, 0.717) is 0 Å². The highest BCUT2D eigenvalue weighted by atomic mass is 32.2. The maximum Gasteiger partial charge on any atom is 0.477 e. The Morgan fingerprint density at radius 3 is 2.53 bits per heavy atom. The normalized spacial score (nSPS) is 13.5. The van der Waals surface area contributed by atoms with Crippen LogP contribution >= 0.6 is 0 Å². The van der Waals surface area contributed by atoms with Gasteiger partial charge in [0.1, 0.15) is 0 Å². The van der Waals surface area contributed by atoms with Gasteiger partial charge in [0.2, 0.25) is 0 Å². The summed E-state index contributed by atoms with van der Waals surface area (Å²) in [6.45, 7) is 0. The van der Waals surface area contributed by atoms with E-state index in [4.69, 9.17) is 5.11 Å². The van der Waals surface area contributed by atoms with Crippen molar-refractivity contribution < 1.29 is 27.3 Å². The molecule has 4 nitrogen and oxygen atoms in total. The highest BCUT2D eigenvalue weighted by molar-refractivity contribution is 7.85. The molecule has 0 fully saturated rings. The van der Waals surface area contributed by atoms with E-state index in [0.717, 1.165) is 18.3 Å². The van der Waals surface area contributed by atoms with Gasteiger partial charge in [0, 0.05) is 6.20 Å². The van der Waals surface area contributed by atoms with Gasteiger partial charge in [-0.3, -0.25) is 0 Å². The molecule has 0 bridgehead atoms. The Bertz CT molecular complexity index is 418. The average Bonchev–Trinajstić information content (AvgIpc) is 2.15. The van der Waals surface area contributed by atoms with Crippen LogP contribution in [0.2, 0.25) is 0 Å². The van der Waals surface area contributed by atoms with Gasteiger partial charge in [-0.15, -0.1) is 0 Å². The lowest BCUT2D eigenvalue weighted by Gasteiger charge is -2.06. The third-order valence-electron chi connectivity index (χ3n) is 1.39. The summed E-state index contributed by atoms with van der Waals surface area (Å²) in [5.74, 6) is -1.60. The molecule has 0 radical (unpaired) electrons. The molecule has 0 aliphatic heterocycles. The molecule has 0 unspecified atom stereocenters. The van der Waals surface area contributed by atoms with Crippen molar-refractivity contribution in [3.8, 4) is 0 Å². The molecule has 0 aromatic carbocycles. The van der Waals surface area contributed by atoms with Gasteiger partial charge in [-0.2, -0.15) is 13.2 Å². The minimum atomic E-state index is -5.02. The van der Waals surface area contributed by atoms with Crippen molar-refractivity contribution in [2.75, 3.05) is 0 Å². The fourth-order valence-corrected chi connectivity index (χ4v) is 1.54. The molecule has 0 amide bonds. The molecule has 1 heterocycles. The van der Waals surface area contributed by atoms with Crippen LogP contribution in [0.5, 0.6) is 0 Å². The minimum absolute atomic E-state index is 0.715. The van der Waals surface area contributed by atoms with Gasteiger partial charge < -0.3 is 5.11 Å². The number of pyridine rings is 1. The second-order valence-electron chi connectivity index (χ2n) is 2.38. The summed E-state index contributed by atoms with van der Waals surface area (Å²) in [5.41, 5.74) is -5.73. The number of carbonyl (C=O) groups is 1. The van der Waals surface area contributed by atoms with E-state index < -0.39 is 32.9 Å². The molecule has 0 aliphatic rings. The van der Waals surface area contributed by atoms with Gasteiger partial charge in [0.15, 0.2) is 15.8 Å². The van der Waals surface area contributed by atoms with Crippen LogP contribution in [0.1, 0.15) is 10.4 Å². The van der Waals surface area contributed by atoms with Gasteiger partial charge in [0.25, 0.3) is 0 Å². The van der Waals surface area contributed by atoms with Crippen LogP contribution in [-0.2, 0) is 10.8 Å². The molecule has 15 heavy (non-hydrogen) atoms. The first kappa shape index (κ1) is 11.6. The molecule has 8 heteroatoms. The molecule has 0 saturated heterocycles. The molecule has 1 aromatic rings. The first-order chi connectivity index (χ1) is 6.84. The fraction of sp³-hybridized carbons (Fsp3) is 0.143. The molecule has 1 aromatic heterocycles. The topological polar surface area (TPSA) is 67.3 Å². The summed E-state index contributed by atoms with van der Waals surface area (Å²) >= 11 is 0. The molecular formula is C7H4F3NO3S. The largest absolute Gasteiger partial charge is 0.478 e. The van der Waals surface area contributed by atoms with Crippen molar-refractivity contribution in [1.29, 1.82) is 0 Å². The number of aromatic nitrogens is 1. The van der Waals surface area contributed by atoms with Gasteiger partial charge >= 0.3 is 11.5 Å². The number of aromatic carboxylic acids is 1. The van der Waals surface area contributed by atoms with E-state index >= 15 is 0 Å². The first-order valence-electron chi connectivity index (χ1n) is 3.51. The van der Waals surface area contributed by atoms with Crippen LogP contribution in [0, 0.1) is 0 Å². The van der Waals surface area contributed by atoms with Crippen LogP contribution in [0.25, 0.3) is 0 Å². The zero-order chi connectivity index (χ0) is 11.6. The Balaban J connectivity index is 3.26. The lowest BCUT2D eigenvalue weighted by Crippen LogP contribution is -2.20. The molecule has 0 aliphatic carbocycles. The highest BCUT2D eigenvalue weighted by Crippen LogP contribution is 2.26. The van der Waals surface area contributed by atoms with Crippen molar-refractivity contribution in [3.05, 3.63) is 23.9 Å². The molecule has 0 saturated carbocycles. The molecule has 1 rings (SSSR count). The Morgan fingerprint density at radius 1 is 1.47 bits per heavy atom. The van der Waals surface area contributed by atoms with Crippen LogP contribution in [0.3, 0.4) is 0 Å². The third kappa shape index (κ3) is 2.52. The van der Waals surface area contributed by atoms with Crippen molar-refractivity contribution in [2.45, 2.75) is 10.5 Å². The van der Waals surface area contributed by atoms with E-state index in [-0.39, 0.29) is 0 Å². The van der Waals surface area contributed by atoms with Crippen molar-refractivity contribution in [2.24, 2.45) is 0 Å². The summed E-state index contributed by atoms with van der Waals surface area (Å²) in [4.78, 5) is 13.7. The Labute approximate surface area is 84.2 Å². The number of rotatable bonds is 2. The number of carboxylic acids is 1. The van der Waals surface area contributed by atoms with E-state index in [9.17, 15) is 22.2 Å². The number of nitrogens with zero attached hydrogens (tertiary/aromatic N) is 1. The lowest BCUT2D eigenvalue weighted by atomic mass is 10.3. The van der Waals surface area contributed by atoms with Gasteiger partial charge in [-0.1, -0.05) is 0 Å². The van der Waals surface area contributed by atoms with Crippen molar-refractivity contribution >= 4 is 16.8 Å². The molecule has 0 spiro atoms. The second-order valence-corrected chi connectivity index (χ2v) is 3.76. The summed E-state index contributed by atoms with van der Waals surface area (Å²) in [5, 5.41) is 7.55. The smallest absolute Gasteiger partial charge is 0.477 e. The molecule has 82 valence electrons. The first-order valence-corrected chi connectivity index (χ1v) is 4.66. The second kappa shape index (κ2) is 3.97. The van der Waals surface area contributed by atoms with Crippen molar-refractivity contribution in [3.63, 3.8) is 0 Å². The van der Waals surface area contributed by atoms with Crippen LogP contribution in [-0.4, -0.2) is 25.8 Å². The minimum Gasteiger partial charge on any atom is -0.478 e.